The number of benzene rings is 2. The summed E-state index contributed by atoms with van der Waals surface area (Å²) in [6, 6.07) is 11.0. The van der Waals surface area contributed by atoms with Crippen molar-refractivity contribution in [1.29, 1.82) is 5.26 Å². The third-order valence-corrected chi connectivity index (χ3v) is 4.85. The molecule has 1 amide bonds. The largest absolute Gasteiger partial charge is 0.493 e. The van der Waals surface area contributed by atoms with E-state index < -0.39 is 17.8 Å². The van der Waals surface area contributed by atoms with E-state index in [1.165, 1.54) is 44.6 Å². The highest BCUT2D eigenvalue weighted by Crippen LogP contribution is 2.34. The van der Waals surface area contributed by atoms with Gasteiger partial charge >= 0.3 is 11.9 Å². The molecular formula is C23H21BrN2O7. The van der Waals surface area contributed by atoms with Crippen molar-refractivity contribution in [3.63, 3.8) is 0 Å². The number of methoxy groups -OCH3 is 2. The molecule has 0 unspecified atom stereocenters. The number of hydrogen-bond acceptors (Lipinski definition) is 8. The molecule has 1 N–H and O–H groups in total. The third-order valence-electron chi connectivity index (χ3n) is 4.16. The highest BCUT2D eigenvalue weighted by molar-refractivity contribution is 9.10. The van der Waals surface area contributed by atoms with Gasteiger partial charge in [0.25, 0.3) is 5.91 Å². The molecule has 0 saturated heterocycles. The van der Waals surface area contributed by atoms with Gasteiger partial charge in [0.15, 0.2) is 18.1 Å². The highest BCUT2D eigenvalue weighted by Gasteiger charge is 2.15. The van der Waals surface area contributed by atoms with Crippen molar-refractivity contribution in [2.75, 3.05) is 32.8 Å². The second-order valence-corrected chi connectivity index (χ2v) is 7.17. The van der Waals surface area contributed by atoms with Crippen LogP contribution in [0, 0.1) is 11.3 Å². The van der Waals surface area contributed by atoms with Crippen LogP contribution < -0.4 is 14.8 Å². The molecule has 0 aromatic heterocycles. The standard InChI is InChI=1S/C23H21BrN2O7/c1-4-32-21(27)13-33-20-11-18(24)15(10-19(20)30-2)9-16(12-25)22(28)26-17-7-5-14(6-8-17)23(29)31-3/h5-11H,4,13H2,1-3H3,(H,26,28)/b16-9+. The molecule has 2 aromatic carbocycles. The number of esters is 2. The van der Waals surface area contributed by atoms with E-state index >= 15 is 0 Å². The third kappa shape index (κ3) is 7.08. The topological polar surface area (TPSA) is 124 Å². The molecule has 0 heterocycles. The van der Waals surface area contributed by atoms with Gasteiger partial charge in [-0.15, -0.1) is 0 Å². The quantitative estimate of drug-likeness (QED) is 0.303. The fourth-order valence-corrected chi connectivity index (χ4v) is 3.02. The molecule has 172 valence electrons. The van der Waals surface area contributed by atoms with Crippen molar-refractivity contribution >= 4 is 45.5 Å². The number of halogens is 1. The zero-order chi connectivity index (χ0) is 24.4. The van der Waals surface area contributed by atoms with Crippen molar-refractivity contribution in [2.24, 2.45) is 0 Å². The van der Waals surface area contributed by atoms with Gasteiger partial charge in [-0.05, 0) is 55.0 Å². The summed E-state index contributed by atoms with van der Waals surface area (Å²) in [6.07, 6.45) is 1.37. The van der Waals surface area contributed by atoms with Crippen molar-refractivity contribution in [1.82, 2.24) is 0 Å². The summed E-state index contributed by atoms with van der Waals surface area (Å²) < 4.78 is 20.7. The number of nitrogens with zero attached hydrogens (tertiary/aromatic N) is 1. The first-order valence-electron chi connectivity index (χ1n) is 9.60. The van der Waals surface area contributed by atoms with Crippen LogP contribution in [0.2, 0.25) is 0 Å². The van der Waals surface area contributed by atoms with Crippen LogP contribution in [0.15, 0.2) is 46.4 Å². The fourth-order valence-electron chi connectivity index (χ4n) is 2.58. The molecule has 0 atom stereocenters. The molecule has 0 fully saturated rings. The van der Waals surface area contributed by atoms with Gasteiger partial charge in [0.1, 0.15) is 11.6 Å². The van der Waals surface area contributed by atoms with E-state index in [2.05, 4.69) is 26.0 Å². The van der Waals surface area contributed by atoms with Crippen molar-refractivity contribution < 1.29 is 33.3 Å². The smallest absolute Gasteiger partial charge is 0.344 e. The number of carbonyl (C=O) groups is 3. The minimum absolute atomic E-state index is 0.171. The van der Waals surface area contributed by atoms with Crippen molar-refractivity contribution in [2.45, 2.75) is 6.92 Å². The van der Waals surface area contributed by atoms with Gasteiger partial charge in [0.05, 0.1) is 26.4 Å². The predicted molar refractivity (Wildman–Crippen MR) is 123 cm³/mol. The van der Waals surface area contributed by atoms with Gasteiger partial charge in [-0.1, -0.05) is 15.9 Å². The molecule has 0 spiro atoms. The number of ether oxygens (including phenoxy) is 4. The Kier molecular flexibility index (Phi) is 9.45. The molecule has 0 saturated carbocycles. The van der Waals surface area contributed by atoms with E-state index in [4.69, 9.17) is 14.2 Å². The molecule has 2 aromatic rings. The molecule has 10 heteroatoms. The molecule has 0 radical (unpaired) electrons. The molecule has 2 rings (SSSR count). The number of anilines is 1. The molecule has 0 aliphatic rings. The summed E-state index contributed by atoms with van der Waals surface area (Å²) in [5.41, 5.74) is 1.03. The number of carbonyl (C=O) groups excluding carboxylic acids is 3. The SMILES string of the molecule is CCOC(=O)COc1cc(Br)c(/C=C(\C#N)C(=O)Nc2ccc(C(=O)OC)cc2)cc1OC. The summed E-state index contributed by atoms with van der Waals surface area (Å²) in [5, 5.41) is 12.1. The monoisotopic (exact) mass is 516 g/mol. The average Bonchev–Trinajstić information content (AvgIpc) is 2.82. The van der Waals surface area contributed by atoms with Gasteiger partial charge in [0, 0.05) is 10.2 Å². The first kappa shape index (κ1) is 25.4. The molecule has 0 aliphatic carbocycles. The molecule has 0 aliphatic heterocycles. The number of hydrogen-bond donors (Lipinski definition) is 1. The zero-order valence-electron chi connectivity index (χ0n) is 18.1. The van der Waals surface area contributed by atoms with Crippen LogP contribution in [0.4, 0.5) is 5.69 Å². The summed E-state index contributed by atoms with van der Waals surface area (Å²) in [4.78, 5) is 35.6. The van der Waals surface area contributed by atoms with Gasteiger partial charge in [-0.25, -0.2) is 9.59 Å². The maximum absolute atomic E-state index is 12.6. The summed E-state index contributed by atoms with van der Waals surface area (Å²) in [6.45, 7) is 1.63. The highest BCUT2D eigenvalue weighted by atomic mass is 79.9. The summed E-state index contributed by atoms with van der Waals surface area (Å²) >= 11 is 3.37. The second-order valence-electron chi connectivity index (χ2n) is 6.31. The Balaban J connectivity index is 2.22. The van der Waals surface area contributed by atoms with E-state index in [1.54, 1.807) is 19.1 Å². The van der Waals surface area contributed by atoms with Crippen LogP contribution in [0.25, 0.3) is 6.08 Å². The van der Waals surface area contributed by atoms with Crippen LogP contribution in [-0.2, 0) is 19.1 Å². The van der Waals surface area contributed by atoms with Gasteiger partial charge in [0.2, 0.25) is 0 Å². The Bertz CT molecular complexity index is 1110. The lowest BCUT2D eigenvalue weighted by molar-refractivity contribution is -0.145. The molecule has 9 nitrogen and oxygen atoms in total. The van der Waals surface area contributed by atoms with Gasteiger partial charge in [-0.3, -0.25) is 4.79 Å². The lowest BCUT2D eigenvalue weighted by Gasteiger charge is -2.12. The van der Waals surface area contributed by atoms with Crippen LogP contribution in [-0.4, -0.2) is 45.3 Å². The van der Waals surface area contributed by atoms with Gasteiger partial charge < -0.3 is 24.3 Å². The lowest BCUT2D eigenvalue weighted by Crippen LogP contribution is -2.15. The molecular weight excluding hydrogens is 496 g/mol. The Morgan fingerprint density at radius 2 is 1.82 bits per heavy atom. The van der Waals surface area contributed by atoms with Crippen LogP contribution in [0.3, 0.4) is 0 Å². The maximum Gasteiger partial charge on any atom is 0.344 e. The van der Waals surface area contributed by atoms with Gasteiger partial charge in [-0.2, -0.15) is 5.26 Å². The first-order chi connectivity index (χ1) is 15.8. The van der Waals surface area contributed by atoms with E-state index in [0.29, 0.717) is 27.0 Å². The molecule has 0 bridgehead atoms. The first-order valence-corrected chi connectivity index (χ1v) is 10.4. The number of rotatable bonds is 9. The van der Waals surface area contributed by atoms with Crippen LogP contribution >= 0.6 is 15.9 Å². The Morgan fingerprint density at radius 3 is 2.39 bits per heavy atom. The van der Waals surface area contributed by atoms with Crippen LogP contribution in [0.5, 0.6) is 11.5 Å². The average molecular weight is 517 g/mol. The normalized spacial score (nSPS) is 10.6. The minimum atomic E-state index is -0.642. The predicted octanol–water partition coefficient (Wildman–Crippen LogP) is 3.73. The minimum Gasteiger partial charge on any atom is -0.493 e. The summed E-state index contributed by atoms with van der Waals surface area (Å²) in [5.74, 6) is -1.09. The Labute approximate surface area is 199 Å². The van der Waals surface area contributed by atoms with E-state index in [9.17, 15) is 19.6 Å². The van der Waals surface area contributed by atoms with E-state index in [-0.39, 0.29) is 24.5 Å². The summed E-state index contributed by atoms with van der Waals surface area (Å²) in [7, 11) is 2.69. The Morgan fingerprint density at radius 1 is 1.12 bits per heavy atom. The van der Waals surface area contributed by atoms with Crippen LogP contribution in [0.1, 0.15) is 22.8 Å². The van der Waals surface area contributed by atoms with E-state index in [0.717, 1.165) is 0 Å². The fraction of sp³-hybridized carbons (Fsp3) is 0.217. The lowest BCUT2D eigenvalue weighted by atomic mass is 10.1. The van der Waals surface area contributed by atoms with Crippen molar-refractivity contribution in [3.05, 3.63) is 57.6 Å². The maximum atomic E-state index is 12.6. The second kappa shape index (κ2) is 12.3. The molecule has 33 heavy (non-hydrogen) atoms. The van der Waals surface area contributed by atoms with E-state index in [1.807, 2.05) is 6.07 Å². The number of nitriles is 1. The zero-order valence-corrected chi connectivity index (χ0v) is 19.7. The number of nitrogens with one attached hydrogen (secondary N) is 1. The Hall–Kier alpha value is -3.84. The van der Waals surface area contributed by atoms with Crippen molar-refractivity contribution in [3.8, 4) is 17.6 Å². The number of amides is 1.